The van der Waals surface area contributed by atoms with Gasteiger partial charge in [-0.3, -0.25) is 4.79 Å². The minimum atomic E-state index is -3.77. The fourth-order valence-electron chi connectivity index (χ4n) is 4.01. The third-order valence-electron chi connectivity index (χ3n) is 5.78. The largest absolute Gasteiger partial charge is 0.357 e. The van der Waals surface area contributed by atoms with E-state index in [-0.39, 0.29) is 34.8 Å². The van der Waals surface area contributed by atoms with Crippen molar-refractivity contribution in [2.24, 2.45) is 5.92 Å². The van der Waals surface area contributed by atoms with Gasteiger partial charge in [0.15, 0.2) is 0 Å². The van der Waals surface area contributed by atoms with Gasteiger partial charge in [0, 0.05) is 37.1 Å². The van der Waals surface area contributed by atoms with Crippen LogP contribution in [-0.2, 0) is 14.8 Å². The summed E-state index contributed by atoms with van der Waals surface area (Å²) in [4.78, 5) is 19.4. The Kier molecular flexibility index (Phi) is 6.71. The predicted molar refractivity (Wildman–Crippen MR) is 122 cm³/mol. The van der Waals surface area contributed by atoms with E-state index in [9.17, 15) is 13.2 Å². The topological polar surface area (TPSA) is 82.6 Å². The number of carbonyl (C=O) groups is 1. The van der Waals surface area contributed by atoms with E-state index in [1.165, 1.54) is 29.3 Å². The van der Waals surface area contributed by atoms with E-state index in [4.69, 9.17) is 23.2 Å². The van der Waals surface area contributed by atoms with Crippen molar-refractivity contribution in [3.05, 3.63) is 46.6 Å². The fraction of sp³-hybridized carbons (Fsp3) is 0.429. The van der Waals surface area contributed by atoms with E-state index in [2.05, 4.69) is 15.2 Å². The van der Waals surface area contributed by atoms with Crippen LogP contribution in [-0.4, -0.2) is 49.8 Å². The molecule has 10 heteroatoms. The average Bonchev–Trinajstić information content (AvgIpc) is 3.31. The maximum Gasteiger partial charge on any atom is 0.244 e. The second-order valence-electron chi connectivity index (χ2n) is 7.84. The van der Waals surface area contributed by atoms with Crippen LogP contribution in [0.5, 0.6) is 0 Å². The molecule has 31 heavy (non-hydrogen) atoms. The Morgan fingerprint density at radius 3 is 2.39 bits per heavy atom. The van der Waals surface area contributed by atoms with Crippen molar-refractivity contribution in [1.82, 2.24) is 9.29 Å². The number of hydrogen-bond donors (Lipinski definition) is 1. The van der Waals surface area contributed by atoms with Gasteiger partial charge in [0.1, 0.15) is 10.7 Å². The number of benzene rings is 1. The van der Waals surface area contributed by atoms with Gasteiger partial charge in [-0.2, -0.15) is 4.31 Å². The van der Waals surface area contributed by atoms with Crippen molar-refractivity contribution in [1.29, 1.82) is 0 Å². The molecule has 166 valence electrons. The standard InChI is InChI=1S/C21H24Cl2N4O3S/c22-16-3-5-18(23)19(13-16)31(29,30)27-11-7-15(8-12-27)21(28)25-17-4-6-20(24-14-17)26-9-1-2-10-26/h3-6,13-15H,1-2,7-12H2,(H,25,28). The molecule has 3 heterocycles. The normalized spacial score (nSPS) is 18.3. The Labute approximate surface area is 192 Å². The van der Waals surface area contributed by atoms with Gasteiger partial charge in [-0.1, -0.05) is 23.2 Å². The van der Waals surface area contributed by atoms with Gasteiger partial charge in [-0.25, -0.2) is 13.4 Å². The van der Waals surface area contributed by atoms with Gasteiger partial charge in [0.05, 0.1) is 16.9 Å². The number of halogens is 2. The summed E-state index contributed by atoms with van der Waals surface area (Å²) in [5.74, 6) is 0.543. The molecule has 2 aliphatic rings. The summed E-state index contributed by atoms with van der Waals surface area (Å²) in [5, 5.41) is 3.35. The Hall–Kier alpha value is -1.87. The molecule has 0 spiro atoms. The summed E-state index contributed by atoms with van der Waals surface area (Å²) >= 11 is 12.0. The molecule has 0 radical (unpaired) electrons. The molecular formula is C21H24Cl2N4O3S. The minimum Gasteiger partial charge on any atom is -0.357 e. The van der Waals surface area contributed by atoms with E-state index >= 15 is 0 Å². The predicted octanol–water partition coefficient (Wildman–Crippen LogP) is 4.03. The second kappa shape index (κ2) is 9.32. The van der Waals surface area contributed by atoms with Crippen LogP contribution in [0.15, 0.2) is 41.4 Å². The highest BCUT2D eigenvalue weighted by molar-refractivity contribution is 7.89. The maximum absolute atomic E-state index is 12.9. The quantitative estimate of drug-likeness (QED) is 0.695. The molecule has 2 fully saturated rings. The zero-order valence-electron chi connectivity index (χ0n) is 16.9. The summed E-state index contributed by atoms with van der Waals surface area (Å²) in [6, 6.07) is 8.16. The SMILES string of the molecule is O=C(Nc1ccc(N2CCCC2)nc1)C1CCN(S(=O)(=O)c2cc(Cl)ccc2Cl)CC1. The fourth-order valence-corrected chi connectivity index (χ4v) is 6.22. The smallest absolute Gasteiger partial charge is 0.244 e. The van der Waals surface area contributed by atoms with Crippen LogP contribution < -0.4 is 10.2 Å². The summed E-state index contributed by atoms with van der Waals surface area (Å²) < 4.78 is 27.2. The molecule has 2 aromatic rings. The number of piperidine rings is 1. The molecule has 7 nitrogen and oxygen atoms in total. The third-order valence-corrected chi connectivity index (χ3v) is 8.40. The number of sulfonamides is 1. The number of aromatic nitrogens is 1. The minimum absolute atomic E-state index is 0.00580. The van der Waals surface area contributed by atoms with E-state index in [0.717, 1.165) is 18.9 Å². The lowest BCUT2D eigenvalue weighted by molar-refractivity contribution is -0.120. The number of rotatable bonds is 5. The first-order valence-electron chi connectivity index (χ1n) is 10.3. The molecule has 2 aliphatic heterocycles. The molecule has 1 aromatic carbocycles. The van der Waals surface area contributed by atoms with Gasteiger partial charge >= 0.3 is 0 Å². The summed E-state index contributed by atoms with van der Waals surface area (Å²) in [5.41, 5.74) is 0.647. The van der Waals surface area contributed by atoms with Crippen molar-refractivity contribution in [3.63, 3.8) is 0 Å². The summed E-state index contributed by atoms with van der Waals surface area (Å²) in [7, 11) is -3.77. The van der Waals surface area contributed by atoms with Crippen molar-refractivity contribution in [2.45, 2.75) is 30.6 Å². The second-order valence-corrected chi connectivity index (χ2v) is 10.6. The zero-order valence-corrected chi connectivity index (χ0v) is 19.3. The van der Waals surface area contributed by atoms with E-state index < -0.39 is 10.0 Å². The van der Waals surface area contributed by atoms with Crippen molar-refractivity contribution >= 4 is 50.6 Å². The van der Waals surface area contributed by atoms with E-state index in [1.807, 2.05) is 12.1 Å². The number of hydrogen-bond acceptors (Lipinski definition) is 5. The van der Waals surface area contributed by atoms with Crippen molar-refractivity contribution in [3.8, 4) is 0 Å². The molecular weight excluding hydrogens is 459 g/mol. The maximum atomic E-state index is 12.9. The molecule has 1 amide bonds. The van der Waals surface area contributed by atoms with Crippen LogP contribution in [0.25, 0.3) is 0 Å². The Morgan fingerprint density at radius 1 is 1.03 bits per heavy atom. The van der Waals surface area contributed by atoms with E-state index in [0.29, 0.717) is 23.6 Å². The molecule has 1 aromatic heterocycles. The average molecular weight is 483 g/mol. The molecule has 2 saturated heterocycles. The highest BCUT2D eigenvalue weighted by Gasteiger charge is 2.33. The van der Waals surface area contributed by atoms with Crippen molar-refractivity contribution in [2.75, 3.05) is 36.4 Å². The van der Waals surface area contributed by atoms with Gasteiger partial charge in [0.25, 0.3) is 0 Å². The lowest BCUT2D eigenvalue weighted by atomic mass is 9.97. The van der Waals surface area contributed by atoms with Crippen molar-refractivity contribution < 1.29 is 13.2 Å². The van der Waals surface area contributed by atoms with Gasteiger partial charge in [-0.05, 0) is 56.0 Å². The monoisotopic (exact) mass is 482 g/mol. The first kappa shape index (κ1) is 22.3. The van der Waals surface area contributed by atoms with Crippen LogP contribution in [0.2, 0.25) is 10.0 Å². The Balaban J connectivity index is 1.35. The first-order chi connectivity index (χ1) is 14.8. The lowest BCUT2D eigenvalue weighted by Crippen LogP contribution is -2.41. The molecule has 0 saturated carbocycles. The van der Waals surface area contributed by atoms with Crippen LogP contribution in [0, 0.1) is 5.92 Å². The zero-order chi connectivity index (χ0) is 22.0. The van der Waals surface area contributed by atoms with Gasteiger partial charge in [0.2, 0.25) is 15.9 Å². The highest BCUT2D eigenvalue weighted by Crippen LogP contribution is 2.30. The lowest BCUT2D eigenvalue weighted by Gasteiger charge is -2.30. The Morgan fingerprint density at radius 2 is 1.74 bits per heavy atom. The summed E-state index contributed by atoms with van der Waals surface area (Å²) in [6.45, 7) is 2.52. The number of carbonyl (C=O) groups excluding carboxylic acids is 1. The van der Waals surface area contributed by atoms with Gasteiger partial charge < -0.3 is 10.2 Å². The number of nitrogens with zero attached hydrogens (tertiary/aromatic N) is 3. The van der Waals surface area contributed by atoms with Crippen LogP contribution in [0.1, 0.15) is 25.7 Å². The molecule has 4 rings (SSSR count). The van der Waals surface area contributed by atoms with E-state index in [1.54, 1.807) is 12.3 Å². The van der Waals surface area contributed by atoms with Gasteiger partial charge in [-0.15, -0.1) is 0 Å². The number of pyridine rings is 1. The molecule has 0 unspecified atom stereocenters. The molecule has 0 bridgehead atoms. The highest BCUT2D eigenvalue weighted by atomic mass is 35.5. The number of amides is 1. The Bertz CT molecular complexity index is 1050. The first-order valence-corrected chi connectivity index (χ1v) is 12.5. The summed E-state index contributed by atoms with van der Waals surface area (Å²) in [6.07, 6.45) is 4.90. The molecule has 1 N–H and O–H groups in total. The van der Waals surface area contributed by atoms with Crippen LogP contribution in [0.3, 0.4) is 0 Å². The number of anilines is 2. The molecule has 0 aliphatic carbocycles. The van der Waals surface area contributed by atoms with Crippen LogP contribution in [0.4, 0.5) is 11.5 Å². The molecule has 0 atom stereocenters. The third kappa shape index (κ3) is 4.98. The number of nitrogens with one attached hydrogen (secondary N) is 1. The van der Waals surface area contributed by atoms with Crippen LogP contribution >= 0.6 is 23.2 Å².